The van der Waals surface area contributed by atoms with E-state index in [9.17, 15) is 9.59 Å². The first-order chi connectivity index (χ1) is 13.8. The van der Waals surface area contributed by atoms with E-state index in [1.54, 1.807) is 31.1 Å². The number of methoxy groups -OCH3 is 1. The lowest BCUT2D eigenvalue weighted by Gasteiger charge is -2.30. The Morgan fingerprint density at radius 3 is 2.41 bits per heavy atom. The Balaban J connectivity index is 2.23. The minimum Gasteiger partial charge on any atom is -0.497 e. The van der Waals surface area contributed by atoms with Crippen molar-refractivity contribution in [1.82, 2.24) is 10.2 Å². The van der Waals surface area contributed by atoms with Gasteiger partial charge >= 0.3 is 0 Å². The number of amides is 2. The monoisotopic (exact) mass is 416 g/mol. The Morgan fingerprint density at radius 1 is 1.10 bits per heavy atom. The molecule has 2 amide bonds. The topological polar surface area (TPSA) is 58.6 Å². The molecule has 0 bridgehead atoms. The third-order valence-corrected chi connectivity index (χ3v) is 5.18. The molecular formula is C23H29ClN2O3. The Kier molecular flexibility index (Phi) is 8.52. The number of rotatable bonds is 9. The third-order valence-electron chi connectivity index (χ3n) is 4.92. The van der Waals surface area contributed by atoms with E-state index in [0.29, 0.717) is 17.3 Å². The van der Waals surface area contributed by atoms with E-state index in [-0.39, 0.29) is 24.3 Å². The van der Waals surface area contributed by atoms with Crippen LogP contribution in [0.3, 0.4) is 0 Å². The lowest BCUT2D eigenvalue weighted by atomic mass is 10.1. The number of hydrogen-bond donors (Lipinski definition) is 1. The van der Waals surface area contributed by atoms with Crippen LogP contribution >= 0.6 is 11.6 Å². The van der Waals surface area contributed by atoms with Crippen LogP contribution in [-0.2, 0) is 22.6 Å². The smallest absolute Gasteiger partial charge is 0.242 e. The summed E-state index contributed by atoms with van der Waals surface area (Å²) in [5.41, 5.74) is 1.75. The van der Waals surface area contributed by atoms with Crippen LogP contribution in [0.1, 0.15) is 38.3 Å². The van der Waals surface area contributed by atoms with Crippen LogP contribution in [0.25, 0.3) is 0 Å². The molecule has 2 unspecified atom stereocenters. The number of hydrogen-bond acceptors (Lipinski definition) is 3. The van der Waals surface area contributed by atoms with E-state index in [1.807, 2.05) is 50.2 Å². The molecule has 0 aliphatic heterocycles. The van der Waals surface area contributed by atoms with E-state index in [2.05, 4.69) is 5.32 Å². The molecule has 0 radical (unpaired) electrons. The van der Waals surface area contributed by atoms with Gasteiger partial charge in [-0.25, -0.2) is 0 Å². The van der Waals surface area contributed by atoms with Gasteiger partial charge in [0.15, 0.2) is 0 Å². The molecular weight excluding hydrogens is 388 g/mol. The van der Waals surface area contributed by atoms with E-state index in [4.69, 9.17) is 16.3 Å². The van der Waals surface area contributed by atoms with E-state index >= 15 is 0 Å². The molecule has 0 aliphatic carbocycles. The standard InChI is InChI=1S/C23H29ClN2O3/c1-5-16(2)25-23(28)17(3)26(15-19-7-6-8-21(13-19)29-4)22(27)14-18-9-11-20(24)12-10-18/h6-13,16-17H,5,14-15H2,1-4H3,(H,25,28). The lowest BCUT2D eigenvalue weighted by molar-refractivity contribution is -0.140. The summed E-state index contributed by atoms with van der Waals surface area (Å²) in [5.74, 6) is 0.429. The van der Waals surface area contributed by atoms with E-state index < -0.39 is 6.04 Å². The summed E-state index contributed by atoms with van der Waals surface area (Å²) in [4.78, 5) is 27.5. The fourth-order valence-electron chi connectivity index (χ4n) is 2.89. The fraction of sp³-hybridized carbons (Fsp3) is 0.391. The fourth-order valence-corrected chi connectivity index (χ4v) is 3.02. The summed E-state index contributed by atoms with van der Waals surface area (Å²) in [6.45, 7) is 6.04. The molecule has 0 spiro atoms. The minimum absolute atomic E-state index is 0.0509. The highest BCUT2D eigenvalue weighted by atomic mass is 35.5. The largest absolute Gasteiger partial charge is 0.497 e. The van der Waals surface area contributed by atoms with E-state index in [0.717, 1.165) is 17.5 Å². The van der Waals surface area contributed by atoms with Gasteiger partial charge in [0, 0.05) is 17.6 Å². The summed E-state index contributed by atoms with van der Waals surface area (Å²) in [6.07, 6.45) is 1.02. The number of nitrogens with zero attached hydrogens (tertiary/aromatic N) is 1. The Hall–Kier alpha value is -2.53. The highest BCUT2D eigenvalue weighted by Crippen LogP contribution is 2.18. The van der Waals surface area contributed by atoms with Gasteiger partial charge in [0.05, 0.1) is 13.5 Å². The predicted molar refractivity (Wildman–Crippen MR) is 116 cm³/mol. The molecule has 156 valence electrons. The highest BCUT2D eigenvalue weighted by molar-refractivity contribution is 6.30. The van der Waals surface area contributed by atoms with Crippen LogP contribution in [0, 0.1) is 0 Å². The molecule has 2 aromatic rings. The summed E-state index contributed by atoms with van der Waals surface area (Å²) < 4.78 is 5.28. The van der Waals surface area contributed by atoms with Gasteiger partial charge in [-0.05, 0) is 55.7 Å². The number of benzene rings is 2. The third kappa shape index (κ3) is 6.79. The molecule has 2 atom stereocenters. The van der Waals surface area contributed by atoms with Crippen LogP contribution in [-0.4, -0.2) is 35.9 Å². The first-order valence-corrected chi connectivity index (χ1v) is 10.2. The van der Waals surface area contributed by atoms with Crippen LogP contribution < -0.4 is 10.1 Å². The molecule has 1 N–H and O–H groups in total. The lowest BCUT2D eigenvalue weighted by Crippen LogP contribution is -2.49. The summed E-state index contributed by atoms with van der Waals surface area (Å²) >= 11 is 5.94. The van der Waals surface area contributed by atoms with Crippen molar-refractivity contribution in [3.63, 3.8) is 0 Å². The Labute approximate surface area is 178 Å². The predicted octanol–water partition coefficient (Wildman–Crippen LogP) is 4.22. The molecule has 29 heavy (non-hydrogen) atoms. The molecule has 0 saturated heterocycles. The molecule has 6 heteroatoms. The van der Waals surface area contributed by atoms with Crippen LogP contribution in [0.2, 0.25) is 5.02 Å². The number of carbonyl (C=O) groups excluding carboxylic acids is 2. The molecule has 0 fully saturated rings. The van der Waals surface area contributed by atoms with Gasteiger partial charge < -0.3 is 15.0 Å². The van der Waals surface area contributed by atoms with Gasteiger partial charge in [-0.2, -0.15) is 0 Å². The number of ether oxygens (including phenoxy) is 1. The van der Waals surface area contributed by atoms with Gasteiger partial charge in [0.1, 0.15) is 11.8 Å². The van der Waals surface area contributed by atoms with Crippen molar-refractivity contribution < 1.29 is 14.3 Å². The van der Waals surface area contributed by atoms with Crippen molar-refractivity contribution in [3.8, 4) is 5.75 Å². The SMILES string of the molecule is CCC(C)NC(=O)C(C)N(Cc1cccc(OC)c1)C(=O)Cc1ccc(Cl)cc1. The molecule has 2 aromatic carbocycles. The molecule has 0 saturated carbocycles. The van der Waals surface area contributed by atoms with Gasteiger partial charge in [-0.3, -0.25) is 9.59 Å². The summed E-state index contributed by atoms with van der Waals surface area (Å²) in [7, 11) is 1.60. The van der Waals surface area contributed by atoms with Gasteiger partial charge in [0.2, 0.25) is 11.8 Å². The molecule has 2 rings (SSSR count). The first kappa shape index (κ1) is 22.8. The van der Waals surface area contributed by atoms with E-state index in [1.165, 1.54) is 0 Å². The van der Waals surface area contributed by atoms with Gasteiger partial charge in [0.25, 0.3) is 0 Å². The van der Waals surface area contributed by atoms with Gasteiger partial charge in [-0.1, -0.05) is 42.8 Å². The summed E-state index contributed by atoms with van der Waals surface area (Å²) in [6, 6.07) is 14.1. The zero-order chi connectivity index (χ0) is 21.4. The molecule has 0 aromatic heterocycles. The van der Waals surface area contributed by atoms with Crippen molar-refractivity contribution in [2.75, 3.05) is 7.11 Å². The van der Waals surface area contributed by atoms with Crippen molar-refractivity contribution in [1.29, 1.82) is 0 Å². The highest BCUT2D eigenvalue weighted by Gasteiger charge is 2.27. The number of nitrogens with one attached hydrogen (secondary N) is 1. The summed E-state index contributed by atoms with van der Waals surface area (Å²) in [5, 5.41) is 3.59. The average Bonchev–Trinajstić information content (AvgIpc) is 2.73. The quantitative estimate of drug-likeness (QED) is 0.665. The van der Waals surface area contributed by atoms with Crippen LogP contribution in [0.5, 0.6) is 5.75 Å². The van der Waals surface area contributed by atoms with Crippen LogP contribution in [0.15, 0.2) is 48.5 Å². The normalized spacial score (nSPS) is 12.7. The maximum Gasteiger partial charge on any atom is 0.242 e. The first-order valence-electron chi connectivity index (χ1n) is 9.81. The Morgan fingerprint density at radius 2 is 1.79 bits per heavy atom. The number of halogens is 1. The van der Waals surface area contributed by atoms with Gasteiger partial charge in [-0.15, -0.1) is 0 Å². The average molecular weight is 417 g/mol. The Bertz CT molecular complexity index is 823. The number of carbonyl (C=O) groups is 2. The second-order valence-corrected chi connectivity index (χ2v) is 7.61. The van der Waals surface area contributed by atoms with Crippen molar-refractivity contribution in [2.24, 2.45) is 0 Å². The van der Waals surface area contributed by atoms with Crippen molar-refractivity contribution in [3.05, 3.63) is 64.7 Å². The maximum absolute atomic E-state index is 13.1. The molecule has 5 nitrogen and oxygen atoms in total. The zero-order valence-corrected chi connectivity index (χ0v) is 18.2. The molecule has 0 aliphatic rings. The second kappa shape index (κ2) is 10.9. The van der Waals surface area contributed by atoms with Crippen molar-refractivity contribution in [2.45, 2.75) is 52.2 Å². The molecule has 0 heterocycles. The second-order valence-electron chi connectivity index (χ2n) is 7.17. The minimum atomic E-state index is -0.602. The zero-order valence-electron chi connectivity index (χ0n) is 17.4. The maximum atomic E-state index is 13.1. The van der Waals surface area contributed by atoms with Crippen molar-refractivity contribution >= 4 is 23.4 Å². The van der Waals surface area contributed by atoms with Crippen LogP contribution in [0.4, 0.5) is 0 Å².